The van der Waals surface area contributed by atoms with E-state index in [0.29, 0.717) is 0 Å². The minimum atomic E-state index is -0.979. The lowest BCUT2D eigenvalue weighted by Gasteiger charge is -2.26. The van der Waals surface area contributed by atoms with Gasteiger partial charge in [0.15, 0.2) is 0 Å². The molecule has 1 saturated carbocycles. The number of carbonyl (C=O) groups excluding carboxylic acids is 1. The summed E-state index contributed by atoms with van der Waals surface area (Å²) >= 11 is 0. The fraction of sp³-hybridized carbons (Fsp3) is 0.778. The van der Waals surface area contributed by atoms with E-state index in [-0.39, 0.29) is 18.7 Å². The van der Waals surface area contributed by atoms with Crippen molar-refractivity contribution in [3.05, 3.63) is 0 Å². The zero-order valence-corrected chi connectivity index (χ0v) is 7.81. The van der Waals surface area contributed by atoms with Gasteiger partial charge < -0.3 is 9.84 Å². The second-order valence-electron chi connectivity index (χ2n) is 3.80. The van der Waals surface area contributed by atoms with Gasteiger partial charge in [-0.2, -0.15) is 0 Å². The number of rotatable bonds is 2. The zero-order chi connectivity index (χ0) is 10.1. The molecule has 0 spiro atoms. The monoisotopic (exact) mass is 199 g/mol. The highest BCUT2D eigenvalue weighted by Crippen LogP contribution is 2.31. The van der Waals surface area contributed by atoms with E-state index in [2.05, 4.69) is 0 Å². The van der Waals surface area contributed by atoms with Crippen LogP contribution in [-0.2, 0) is 9.53 Å². The number of hydrogen-bond acceptors (Lipinski definition) is 3. The maximum Gasteiger partial charge on any atom is 0.411 e. The third-order valence-electron chi connectivity index (χ3n) is 2.86. The van der Waals surface area contributed by atoms with Gasteiger partial charge in [0.05, 0.1) is 6.04 Å². The topological polar surface area (TPSA) is 66.8 Å². The Labute approximate surface area is 81.6 Å². The Morgan fingerprint density at radius 1 is 1.50 bits per heavy atom. The average Bonchev–Trinajstić information content (AvgIpc) is 2.43. The highest BCUT2D eigenvalue weighted by Gasteiger charge is 2.43. The number of carboxylic acid groups (broad SMARTS) is 1. The van der Waals surface area contributed by atoms with Gasteiger partial charge in [0.25, 0.3) is 0 Å². The van der Waals surface area contributed by atoms with Crippen molar-refractivity contribution in [2.24, 2.45) is 0 Å². The molecule has 5 heteroatoms. The van der Waals surface area contributed by atoms with E-state index < -0.39 is 12.1 Å². The van der Waals surface area contributed by atoms with Gasteiger partial charge in [0.1, 0.15) is 12.6 Å². The van der Waals surface area contributed by atoms with Crippen LogP contribution >= 0.6 is 0 Å². The maximum absolute atomic E-state index is 11.3. The number of hydrogen-bond donors (Lipinski definition) is 1. The second-order valence-corrected chi connectivity index (χ2v) is 3.80. The number of ether oxygens (including phenoxy) is 1. The van der Waals surface area contributed by atoms with Crippen molar-refractivity contribution in [3.8, 4) is 0 Å². The number of carbonyl (C=O) groups is 2. The Kier molecular flexibility index (Phi) is 2.31. The van der Waals surface area contributed by atoms with Crippen LogP contribution in [0.2, 0.25) is 0 Å². The van der Waals surface area contributed by atoms with Crippen molar-refractivity contribution < 1.29 is 19.4 Å². The third kappa shape index (κ3) is 1.54. The summed E-state index contributed by atoms with van der Waals surface area (Å²) in [5.41, 5.74) is 0. The number of nitrogens with zero attached hydrogens (tertiary/aromatic N) is 1. The second kappa shape index (κ2) is 3.48. The maximum atomic E-state index is 11.3. The van der Waals surface area contributed by atoms with Crippen LogP contribution in [0.1, 0.15) is 25.7 Å². The van der Waals surface area contributed by atoms with E-state index in [1.807, 2.05) is 0 Å². The highest BCUT2D eigenvalue weighted by molar-refractivity contribution is 5.78. The molecule has 0 unspecified atom stereocenters. The molecule has 5 nitrogen and oxygen atoms in total. The summed E-state index contributed by atoms with van der Waals surface area (Å²) < 4.78 is 5.10. The van der Waals surface area contributed by atoms with Crippen LogP contribution in [0.3, 0.4) is 0 Å². The molecule has 0 aromatic heterocycles. The van der Waals surface area contributed by atoms with Gasteiger partial charge in [-0.15, -0.1) is 0 Å². The quantitative estimate of drug-likeness (QED) is 0.715. The van der Waals surface area contributed by atoms with Gasteiger partial charge in [0, 0.05) is 0 Å². The molecule has 2 aliphatic rings. The Hall–Kier alpha value is -1.26. The molecule has 1 amide bonds. The number of aliphatic carboxylic acids is 1. The highest BCUT2D eigenvalue weighted by atomic mass is 16.6. The Bertz CT molecular complexity index is 266. The van der Waals surface area contributed by atoms with Gasteiger partial charge in [-0.3, -0.25) is 9.69 Å². The van der Waals surface area contributed by atoms with Gasteiger partial charge in [-0.25, -0.2) is 4.79 Å². The molecule has 1 aliphatic heterocycles. The van der Waals surface area contributed by atoms with Crippen LogP contribution in [0.15, 0.2) is 0 Å². The van der Waals surface area contributed by atoms with Crippen molar-refractivity contribution in [1.29, 1.82) is 0 Å². The largest absolute Gasteiger partial charge is 0.480 e. The summed E-state index contributed by atoms with van der Waals surface area (Å²) in [5.74, 6) is -0.979. The minimum absolute atomic E-state index is 0.00708. The van der Waals surface area contributed by atoms with E-state index >= 15 is 0 Å². The number of fused-ring (bicyclic) bond motifs is 1. The smallest absolute Gasteiger partial charge is 0.411 e. The lowest BCUT2D eigenvalue weighted by atomic mass is 9.92. The van der Waals surface area contributed by atoms with E-state index in [1.54, 1.807) is 0 Å². The Morgan fingerprint density at radius 3 is 2.93 bits per heavy atom. The molecule has 0 bridgehead atoms. The van der Waals surface area contributed by atoms with Gasteiger partial charge >= 0.3 is 12.1 Å². The van der Waals surface area contributed by atoms with Crippen molar-refractivity contribution >= 4 is 12.1 Å². The fourth-order valence-electron chi connectivity index (χ4n) is 2.23. The first-order valence-electron chi connectivity index (χ1n) is 4.87. The van der Waals surface area contributed by atoms with Gasteiger partial charge in [0.2, 0.25) is 0 Å². The lowest BCUT2D eigenvalue weighted by molar-refractivity contribution is -0.138. The molecule has 2 fully saturated rings. The summed E-state index contributed by atoms with van der Waals surface area (Å²) in [7, 11) is 0. The molecule has 1 N–H and O–H groups in total. The van der Waals surface area contributed by atoms with Gasteiger partial charge in [-0.05, 0) is 19.3 Å². The molecule has 0 radical (unpaired) electrons. The zero-order valence-electron chi connectivity index (χ0n) is 7.81. The first kappa shape index (κ1) is 9.30. The van der Waals surface area contributed by atoms with Crippen LogP contribution in [-0.4, -0.2) is 40.8 Å². The predicted molar refractivity (Wildman–Crippen MR) is 46.9 cm³/mol. The summed E-state index contributed by atoms with van der Waals surface area (Å²) in [5, 5.41) is 8.63. The Morgan fingerprint density at radius 2 is 2.21 bits per heavy atom. The molecular formula is C9H13NO4. The standard InChI is InChI=1S/C9H13NO4/c11-8(12)5-10-6-3-1-2-4-7(6)14-9(10)13/h6-7H,1-5H2,(H,11,12)/t6-,7-/m1/s1. The molecular weight excluding hydrogens is 186 g/mol. The molecule has 78 valence electrons. The Balaban J connectivity index is 2.07. The van der Waals surface area contributed by atoms with Crippen LogP contribution < -0.4 is 0 Å². The van der Waals surface area contributed by atoms with Crippen molar-refractivity contribution in [2.45, 2.75) is 37.8 Å². The molecule has 0 aromatic carbocycles. The summed E-state index contributed by atoms with van der Waals surface area (Å²) in [4.78, 5) is 23.2. The van der Waals surface area contributed by atoms with Crippen molar-refractivity contribution in [1.82, 2.24) is 4.90 Å². The van der Waals surface area contributed by atoms with Crippen molar-refractivity contribution in [2.75, 3.05) is 6.54 Å². The summed E-state index contributed by atoms with van der Waals surface area (Å²) in [6.07, 6.45) is 3.30. The van der Waals surface area contributed by atoms with Crippen LogP contribution in [0.5, 0.6) is 0 Å². The molecule has 2 rings (SSSR count). The average molecular weight is 199 g/mol. The molecule has 1 aliphatic carbocycles. The van der Waals surface area contributed by atoms with E-state index in [4.69, 9.17) is 9.84 Å². The van der Waals surface area contributed by atoms with Gasteiger partial charge in [-0.1, -0.05) is 6.42 Å². The van der Waals surface area contributed by atoms with E-state index in [1.165, 1.54) is 4.90 Å². The van der Waals surface area contributed by atoms with E-state index in [0.717, 1.165) is 25.7 Å². The van der Waals surface area contributed by atoms with Crippen LogP contribution in [0.25, 0.3) is 0 Å². The van der Waals surface area contributed by atoms with E-state index in [9.17, 15) is 9.59 Å². The molecule has 1 saturated heterocycles. The fourth-order valence-corrected chi connectivity index (χ4v) is 2.23. The van der Waals surface area contributed by atoms with Crippen LogP contribution in [0.4, 0.5) is 4.79 Å². The van der Waals surface area contributed by atoms with Crippen molar-refractivity contribution in [3.63, 3.8) is 0 Å². The summed E-state index contributed by atoms with van der Waals surface area (Å²) in [6.45, 7) is -0.236. The number of amides is 1. The molecule has 0 aromatic rings. The lowest BCUT2D eigenvalue weighted by Crippen LogP contribution is -2.41. The molecule has 14 heavy (non-hydrogen) atoms. The SMILES string of the molecule is O=C(O)CN1C(=O)O[C@@H]2CCCC[C@H]21. The molecule has 2 atom stereocenters. The minimum Gasteiger partial charge on any atom is -0.480 e. The third-order valence-corrected chi connectivity index (χ3v) is 2.86. The normalized spacial score (nSPS) is 31.1. The summed E-state index contributed by atoms with van der Waals surface area (Å²) in [6, 6.07) is -0.00708. The number of carboxylic acids is 1. The molecule has 1 heterocycles. The first-order chi connectivity index (χ1) is 6.68. The van der Waals surface area contributed by atoms with Crippen LogP contribution in [0, 0.1) is 0 Å². The first-order valence-corrected chi connectivity index (χ1v) is 4.87. The predicted octanol–water partition coefficient (Wildman–Crippen LogP) is 0.834.